The first kappa shape index (κ1) is 26.4. The average molecular weight is 539 g/mol. The van der Waals surface area contributed by atoms with Crippen molar-refractivity contribution >= 4 is 45.7 Å². The summed E-state index contributed by atoms with van der Waals surface area (Å²) in [7, 11) is 0. The van der Waals surface area contributed by atoms with Gasteiger partial charge in [-0.1, -0.05) is 35.9 Å². The Labute approximate surface area is 224 Å². The van der Waals surface area contributed by atoms with E-state index >= 15 is 0 Å². The first-order valence-corrected chi connectivity index (χ1v) is 13.2. The van der Waals surface area contributed by atoms with Crippen molar-refractivity contribution in [3.05, 3.63) is 76.1 Å². The fraction of sp³-hybridized carbons (Fsp3) is 0.250. The van der Waals surface area contributed by atoms with Crippen LogP contribution in [0.4, 0.5) is 0 Å². The third kappa shape index (κ3) is 6.78. The third-order valence-electron chi connectivity index (χ3n) is 5.44. The smallest absolute Gasteiger partial charge is 0.339 e. The largest absolute Gasteiger partial charge is 0.490 e. The van der Waals surface area contributed by atoms with Crippen LogP contribution < -0.4 is 14.8 Å². The molecule has 7 nitrogen and oxygen atoms in total. The lowest BCUT2D eigenvalue weighted by atomic mass is 10.1. The monoisotopic (exact) mass is 538 g/mol. The summed E-state index contributed by atoms with van der Waals surface area (Å²) >= 11 is 7.45. The number of para-hydroxylation sites is 1. The average Bonchev–Trinajstić information content (AvgIpc) is 3.34. The highest BCUT2D eigenvalue weighted by Gasteiger charge is 2.17. The summed E-state index contributed by atoms with van der Waals surface area (Å²) < 4.78 is 17.2. The minimum atomic E-state index is -0.592. The maximum absolute atomic E-state index is 13.0. The first-order valence-electron chi connectivity index (χ1n) is 12.0. The van der Waals surface area contributed by atoms with Crippen molar-refractivity contribution in [3.8, 4) is 22.1 Å². The Morgan fingerprint density at radius 3 is 2.51 bits per heavy atom. The second-order valence-corrected chi connectivity index (χ2v) is 9.71. The van der Waals surface area contributed by atoms with Gasteiger partial charge in [-0.15, -0.1) is 11.3 Å². The van der Waals surface area contributed by atoms with E-state index in [1.165, 1.54) is 11.3 Å². The molecule has 2 aromatic heterocycles. The van der Waals surface area contributed by atoms with Gasteiger partial charge in [0.1, 0.15) is 0 Å². The molecule has 192 valence electrons. The van der Waals surface area contributed by atoms with E-state index in [2.05, 4.69) is 10.3 Å². The molecule has 0 aliphatic rings. The molecule has 0 aliphatic carbocycles. The van der Waals surface area contributed by atoms with E-state index in [0.29, 0.717) is 64.2 Å². The number of amides is 1. The molecule has 9 heteroatoms. The number of esters is 1. The predicted molar refractivity (Wildman–Crippen MR) is 146 cm³/mol. The van der Waals surface area contributed by atoms with Gasteiger partial charge in [-0.3, -0.25) is 4.79 Å². The number of halogens is 1. The lowest BCUT2D eigenvalue weighted by molar-refractivity contribution is -0.124. The van der Waals surface area contributed by atoms with Crippen LogP contribution in [0.1, 0.15) is 29.8 Å². The van der Waals surface area contributed by atoms with Crippen molar-refractivity contribution in [1.29, 1.82) is 0 Å². The molecule has 0 spiro atoms. The number of pyridine rings is 1. The van der Waals surface area contributed by atoms with E-state index in [4.69, 9.17) is 25.8 Å². The SMILES string of the molecule is CCOc1ccc(CCNC(=O)COC(=O)c2cc(-c3ccc(Cl)s3)nc3ccccc23)cc1OCC. The zero-order valence-electron chi connectivity index (χ0n) is 20.6. The molecular weight excluding hydrogens is 512 g/mol. The topological polar surface area (TPSA) is 86.8 Å². The molecule has 1 N–H and O–H groups in total. The lowest BCUT2D eigenvalue weighted by Crippen LogP contribution is -2.30. The van der Waals surface area contributed by atoms with Crippen molar-refractivity contribution in [2.45, 2.75) is 20.3 Å². The number of hydrogen-bond acceptors (Lipinski definition) is 7. The molecule has 4 rings (SSSR count). The molecule has 1 amide bonds. The zero-order chi connectivity index (χ0) is 26.2. The maximum atomic E-state index is 13.0. The highest BCUT2D eigenvalue weighted by Crippen LogP contribution is 2.32. The number of benzene rings is 2. The highest BCUT2D eigenvalue weighted by molar-refractivity contribution is 7.19. The Hall–Kier alpha value is -3.62. The first-order chi connectivity index (χ1) is 18.0. The summed E-state index contributed by atoms with van der Waals surface area (Å²) in [5.74, 6) is 0.396. The minimum Gasteiger partial charge on any atom is -0.490 e. The van der Waals surface area contributed by atoms with Crippen LogP contribution in [0.5, 0.6) is 11.5 Å². The molecule has 0 atom stereocenters. The summed E-state index contributed by atoms with van der Waals surface area (Å²) in [4.78, 5) is 30.8. The van der Waals surface area contributed by atoms with Gasteiger partial charge in [0.05, 0.1) is 39.2 Å². The number of fused-ring (bicyclic) bond motifs is 1. The Morgan fingerprint density at radius 1 is 0.973 bits per heavy atom. The Bertz CT molecular complexity index is 1400. The molecule has 0 radical (unpaired) electrons. The number of thiophene rings is 1. The summed E-state index contributed by atoms with van der Waals surface area (Å²) in [6.07, 6.45) is 0.591. The van der Waals surface area contributed by atoms with Crippen LogP contribution in [0, 0.1) is 0 Å². The van der Waals surface area contributed by atoms with E-state index in [0.717, 1.165) is 10.4 Å². The molecule has 0 bridgehead atoms. The second kappa shape index (κ2) is 12.6. The normalized spacial score (nSPS) is 10.8. The van der Waals surface area contributed by atoms with Crippen molar-refractivity contribution in [1.82, 2.24) is 10.3 Å². The highest BCUT2D eigenvalue weighted by atomic mass is 35.5. The van der Waals surface area contributed by atoms with E-state index < -0.39 is 5.97 Å². The molecular formula is C28H27ClN2O5S. The molecule has 0 unspecified atom stereocenters. The van der Waals surface area contributed by atoms with Crippen LogP contribution in [0.15, 0.2) is 60.7 Å². The number of carbonyl (C=O) groups is 2. The fourth-order valence-corrected chi connectivity index (χ4v) is 4.78. The van der Waals surface area contributed by atoms with Crippen LogP contribution in [0.2, 0.25) is 4.34 Å². The van der Waals surface area contributed by atoms with E-state index in [9.17, 15) is 9.59 Å². The standard InChI is InChI=1S/C28H27ClN2O5S/c1-3-34-23-10-9-18(15-24(23)35-4-2)13-14-30-27(32)17-36-28(33)20-16-22(25-11-12-26(29)37-25)31-21-8-6-5-7-19(20)21/h5-12,15-16H,3-4,13-14,17H2,1-2H3,(H,30,32). The fourth-order valence-electron chi connectivity index (χ4n) is 3.78. The molecule has 0 saturated heterocycles. The van der Waals surface area contributed by atoms with Crippen LogP contribution in [-0.2, 0) is 16.0 Å². The Balaban J connectivity index is 1.36. The van der Waals surface area contributed by atoms with Gasteiger partial charge in [-0.25, -0.2) is 9.78 Å². The van der Waals surface area contributed by atoms with Gasteiger partial charge >= 0.3 is 5.97 Å². The number of ether oxygens (including phenoxy) is 3. The lowest BCUT2D eigenvalue weighted by Gasteiger charge is -2.13. The van der Waals surface area contributed by atoms with Crippen LogP contribution in [0.25, 0.3) is 21.5 Å². The number of carbonyl (C=O) groups excluding carboxylic acids is 2. The molecule has 2 heterocycles. The van der Waals surface area contributed by atoms with Crippen LogP contribution in [0.3, 0.4) is 0 Å². The number of nitrogens with one attached hydrogen (secondary N) is 1. The third-order valence-corrected chi connectivity index (χ3v) is 6.69. The van der Waals surface area contributed by atoms with Crippen LogP contribution >= 0.6 is 22.9 Å². The Morgan fingerprint density at radius 2 is 1.76 bits per heavy atom. The van der Waals surface area contributed by atoms with Gasteiger partial charge < -0.3 is 19.5 Å². The molecule has 4 aromatic rings. The van der Waals surface area contributed by atoms with Crippen molar-refractivity contribution in [2.24, 2.45) is 0 Å². The number of rotatable bonds is 11. The van der Waals surface area contributed by atoms with Crippen molar-refractivity contribution in [2.75, 3.05) is 26.4 Å². The summed E-state index contributed by atoms with van der Waals surface area (Å²) in [6.45, 7) is 4.91. The maximum Gasteiger partial charge on any atom is 0.339 e. The van der Waals surface area contributed by atoms with Gasteiger partial charge in [-0.05, 0) is 62.2 Å². The molecule has 2 aromatic carbocycles. The zero-order valence-corrected chi connectivity index (χ0v) is 22.2. The molecule has 0 fully saturated rings. The minimum absolute atomic E-state index is 0.343. The summed E-state index contributed by atoms with van der Waals surface area (Å²) in [5.41, 5.74) is 2.61. The van der Waals surface area contributed by atoms with Gasteiger partial charge in [0, 0.05) is 11.9 Å². The van der Waals surface area contributed by atoms with E-state index in [1.807, 2.05) is 56.3 Å². The molecule has 37 heavy (non-hydrogen) atoms. The number of hydrogen-bond donors (Lipinski definition) is 1. The van der Waals surface area contributed by atoms with Crippen molar-refractivity contribution < 1.29 is 23.8 Å². The van der Waals surface area contributed by atoms with Crippen LogP contribution in [-0.4, -0.2) is 43.2 Å². The van der Waals surface area contributed by atoms with Gasteiger partial charge in [0.15, 0.2) is 18.1 Å². The second-order valence-electron chi connectivity index (χ2n) is 8.00. The summed E-state index contributed by atoms with van der Waals surface area (Å²) in [6, 6.07) is 18.3. The van der Waals surface area contributed by atoms with Gasteiger partial charge in [0.25, 0.3) is 5.91 Å². The Kier molecular flexibility index (Phi) is 8.98. The number of aromatic nitrogens is 1. The van der Waals surface area contributed by atoms with Crippen molar-refractivity contribution in [3.63, 3.8) is 0 Å². The number of nitrogens with zero attached hydrogens (tertiary/aromatic N) is 1. The summed E-state index contributed by atoms with van der Waals surface area (Å²) in [5, 5.41) is 3.45. The van der Waals surface area contributed by atoms with Gasteiger partial charge in [-0.2, -0.15) is 0 Å². The van der Waals surface area contributed by atoms with E-state index in [-0.39, 0.29) is 12.5 Å². The molecule has 0 aliphatic heterocycles. The van der Waals surface area contributed by atoms with E-state index in [1.54, 1.807) is 18.2 Å². The molecule has 0 saturated carbocycles. The predicted octanol–water partition coefficient (Wildman–Crippen LogP) is 5.93. The van der Waals surface area contributed by atoms with Gasteiger partial charge in [0.2, 0.25) is 0 Å². The quantitative estimate of drug-likeness (QED) is 0.238.